The fourth-order valence-corrected chi connectivity index (χ4v) is 6.65. The number of halogens is 1. The van der Waals surface area contributed by atoms with E-state index in [-0.39, 0.29) is 24.1 Å². The first kappa shape index (κ1) is 24.8. The molecule has 194 valence electrons. The van der Waals surface area contributed by atoms with Gasteiger partial charge in [0.15, 0.2) is 0 Å². The van der Waals surface area contributed by atoms with Crippen LogP contribution in [-0.4, -0.2) is 71.2 Å². The van der Waals surface area contributed by atoms with Gasteiger partial charge in [-0.1, -0.05) is 40.2 Å². The van der Waals surface area contributed by atoms with E-state index in [1.54, 1.807) is 4.90 Å². The summed E-state index contributed by atoms with van der Waals surface area (Å²) in [7, 11) is 0. The van der Waals surface area contributed by atoms with Crippen LogP contribution in [0.15, 0.2) is 46.9 Å². The molecule has 6 rings (SSSR count). The van der Waals surface area contributed by atoms with Gasteiger partial charge in [0, 0.05) is 62.3 Å². The molecule has 7 nitrogen and oxygen atoms in total. The molecule has 3 unspecified atom stereocenters. The molecule has 0 spiro atoms. The monoisotopic (exact) mass is 564 g/mol. The molecule has 3 atom stereocenters. The molecular formula is C29H33BrN4O3. The Labute approximate surface area is 226 Å². The summed E-state index contributed by atoms with van der Waals surface area (Å²) >= 11 is 3.54. The minimum Gasteiger partial charge on any atom is -0.322 e. The van der Waals surface area contributed by atoms with E-state index in [1.807, 2.05) is 12.1 Å². The summed E-state index contributed by atoms with van der Waals surface area (Å²) < 4.78 is 1.14. The predicted octanol–water partition coefficient (Wildman–Crippen LogP) is 3.52. The summed E-state index contributed by atoms with van der Waals surface area (Å²) in [6.45, 7) is 6.78. The SMILES string of the molecule is O=C1CCC(N2Cc3cc(CN4CCN(CC5CCC5c5ccc(Br)cc5)CC4)ccc3C2=O)C(=O)N1. The molecular weight excluding hydrogens is 532 g/mol. The standard InChI is InChI=1S/C29H33BrN4O3/c30-23-5-2-20(3-6-23)24-8-4-21(24)17-33-13-11-32(12-14-33)16-19-1-7-25-22(15-19)18-34(29(25)37)26-9-10-27(35)31-28(26)36/h1-3,5-7,15,21,24,26H,4,8-14,16-18H2,(H,31,35,36). The van der Waals surface area contributed by atoms with Gasteiger partial charge in [0.2, 0.25) is 11.8 Å². The maximum absolute atomic E-state index is 12.9. The van der Waals surface area contributed by atoms with E-state index in [1.165, 1.54) is 30.5 Å². The lowest BCUT2D eigenvalue weighted by Gasteiger charge is -2.43. The number of fused-ring (bicyclic) bond motifs is 1. The van der Waals surface area contributed by atoms with Crippen LogP contribution >= 0.6 is 15.9 Å². The average Bonchev–Trinajstić information content (AvgIpc) is 3.19. The van der Waals surface area contributed by atoms with Crippen molar-refractivity contribution >= 4 is 33.7 Å². The molecule has 3 fully saturated rings. The normalized spacial score (nSPS) is 26.7. The first-order chi connectivity index (χ1) is 17.9. The van der Waals surface area contributed by atoms with Gasteiger partial charge in [-0.2, -0.15) is 0 Å². The van der Waals surface area contributed by atoms with Gasteiger partial charge in [-0.3, -0.25) is 24.6 Å². The van der Waals surface area contributed by atoms with Crippen LogP contribution in [0.25, 0.3) is 0 Å². The van der Waals surface area contributed by atoms with Crippen LogP contribution in [-0.2, 0) is 22.7 Å². The van der Waals surface area contributed by atoms with Crippen LogP contribution in [0.5, 0.6) is 0 Å². The molecule has 3 amide bonds. The van der Waals surface area contributed by atoms with Crippen molar-refractivity contribution in [3.63, 3.8) is 0 Å². The number of nitrogens with zero attached hydrogens (tertiary/aromatic N) is 3. The largest absolute Gasteiger partial charge is 0.322 e. The molecule has 37 heavy (non-hydrogen) atoms. The van der Waals surface area contributed by atoms with Crippen molar-refractivity contribution in [3.8, 4) is 0 Å². The number of piperazine rings is 1. The number of rotatable bonds is 6. The zero-order valence-corrected chi connectivity index (χ0v) is 22.6. The molecule has 3 aliphatic heterocycles. The minimum atomic E-state index is -0.562. The summed E-state index contributed by atoms with van der Waals surface area (Å²) in [6.07, 6.45) is 3.30. The Morgan fingerprint density at radius 2 is 1.65 bits per heavy atom. The van der Waals surface area contributed by atoms with E-state index in [2.05, 4.69) is 61.4 Å². The fourth-order valence-electron chi connectivity index (χ4n) is 6.38. The van der Waals surface area contributed by atoms with Gasteiger partial charge in [0.1, 0.15) is 6.04 Å². The Hall–Kier alpha value is -2.55. The molecule has 2 aromatic carbocycles. The van der Waals surface area contributed by atoms with Crippen LogP contribution in [0.4, 0.5) is 0 Å². The van der Waals surface area contributed by atoms with E-state index in [4.69, 9.17) is 0 Å². The molecule has 0 aromatic heterocycles. The van der Waals surface area contributed by atoms with Gasteiger partial charge in [-0.15, -0.1) is 0 Å². The highest BCUT2D eigenvalue weighted by Gasteiger charge is 2.39. The summed E-state index contributed by atoms with van der Waals surface area (Å²) in [5, 5.41) is 2.37. The van der Waals surface area contributed by atoms with Gasteiger partial charge < -0.3 is 9.80 Å². The number of amides is 3. The molecule has 1 N–H and O–H groups in total. The lowest BCUT2D eigenvalue weighted by Crippen LogP contribution is -2.52. The van der Waals surface area contributed by atoms with Gasteiger partial charge >= 0.3 is 0 Å². The van der Waals surface area contributed by atoms with Crippen LogP contribution in [0.3, 0.4) is 0 Å². The first-order valence-corrected chi connectivity index (χ1v) is 14.2. The molecule has 2 saturated heterocycles. The molecule has 1 saturated carbocycles. The summed E-state index contributed by atoms with van der Waals surface area (Å²) in [5.74, 6) is 0.724. The second-order valence-corrected chi connectivity index (χ2v) is 11.9. The first-order valence-electron chi connectivity index (χ1n) is 13.4. The molecule has 8 heteroatoms. The Morgan fingerprint density at radius 1 is 0.892 bits per heavy atom. The second-order valence-electron chi connectivity index (χ2n) is 11.0. The van der Waals surface area contributed by atoms with Crippen molar-refractivity contribution in [2.45, 2.75) is 50.7 Å². The highest BCUT2D eigenvalue weighted by molar-refractivity contribution is 9.10. The van der Waals surface area contributed by atoms with Crippen molar-refractivity contribution in [1.82, 2.24) is 20.0 Å². The molecule has 2 aromatic rings. The Morgan fingerprint density at radius 3 is 2.35 bits per heavy atom. The van der Waals surface area contributed by atoms with Gasteiger partial charge in [0.25, 0.3) is 5.91 Å². The predicted molar refractivity (Wildman–Crippen MR) is 144 cm³/mol. The summed E-state index contributed by atoms with van der Waals surface area (Å²) in [5.41, 5.74) is 4.35. The van der Waals surface area contributed by atoms with Crippen molar-refractivity contribution in [1.29, 1.82) is 0 Å². The molecule has 0 radical (unpaired) electrons. The highest BCUT2D eigenvalue weighted by Crippen LogP contribution is 2.43. The number of imide groups is 1. The van der Waals surface area contributed by atoms with Crippen molar-refractivity contribution in [3.05, 3.63) is 69.2 Å². The average molecular weight is 566 g/mol. The van der Waals surface area contributed by atoms with Gasteiger partial charge in [0.05, 0.1) is 0 Å². The van der Waals surface area contributed by atoms with Crippen molar-refractivity contribution in [2.75, 3.05) is 32.7 Å². The Kier molecular flexibility index (Phi) is 6.90. The number of carbonyl (C=O) groups is 3. The third-order valence-corrected chi connectivity index (χ3v) is 9.20. The van der Waals surface area contributed by atoms with Gasteiger partial charge in [-0.25, -0.2) is 0 Å². The van der Waals surface area contributed by atoms with E-state index in [9.17, 15) is 14.4 Å². The third-order valence-electron chi connectivity index (χ3n) is 8.67. The van der Waals surface area contributed by atoms with E-state index in [0.29, 0.717) is 24.4 Å². The lowest BCUT2D eigenvalue weighted by molar-refractivity contribution is -0.136. The van der Waals surface area contributed by atoms with Crippen LogP contribution in [0, 0.1) is 5.92 Å². The summed E-state index contributed by atoms with van der Waals surface area (Å²) in [4.78, 5) is 43.5. The van der Waals surface area contributed by atoms with E-state index < -0.39 is 6.04 Å². The summed E-state index contributed by atoms with van der Waals surface area (Å²) in [6, 6.07) is 14.4. The number of benzene rings is 2. The zero-order chi connectivity index (χ0) is 25.5. The second kappa shape index (κ2) is 10.3. The molecule has 3 heterocycles. The number of nitrogens with one attached hydrogen (secondary N) is 1. The zero-order valence-electron chi connectivity index (χ0n) is 21.0. The van der Waals surface area contributed by atoms with E-state index >= 15 is 0 Å². The molecule has 4 aliphatic rings. The Bertz CT molecular complexity index is 1210. The molecule has 0 bridgehead atoms. The maximum Gasteiger partial charge on any atom is 0.255 e. The fraction of sp³-hybridized carbons (Fsp3) is 0.483. The third kappa shape index (κ3) is 5.11. The Balaban J connectivity index is 1.01. The number of piperidine rings is 1. The minimum absolute atomic E-state index is 0.109. The van der Waals surface area contributed by atoms with Crippen LogP contribution < -0.4 is 5.32 Å². The smallest absolute Gasteiger partial charge is 0.255 e. The van der Waals surface area contributed by atoms with Crippen LogP contribution in [0.1, 0.15) is 58.6 Å². The highest BCUT2D eigenvalue weighted by atomic mass is 79.9. The number of hydrogen-bond acceptors (Lipinski definition) is 5. The van der Waals surface area contributed by atoms with E-state index in [0.717, 1.165) is 48.7 Å². The lowest BCUT2D eigenvalue weighted by atomic mass is 9.70. The van der Waals surface area contributed by atoms with Gasteiger partial charge in [-0.05, 0) is 66.0 Å². The number of carbonyl (C=O) groups excluding carboxylic acids is 3. The topological polar surface area (TPSA) is 73.0 Å². The van der Waals surface area contributed by atoms with Crippen molar-refractivity contribution in [2.24, 2.45) is 5.92 Å². The quantitative estimate of drug-likeness (QED) is 0.543. The number of hydrogen-bond donors (Lipinski definition) is 1. The van der Waals surface area contributed by atoms with Crippen molar-refractivity contribution < 1.29 is 14.4 Å². The maximum atomic E-state index is 12.9. The van der Waals surface area contributed by atoms with Crippen LogP contribution in [0.2, 0.25) is 0 Å². The molecule has 1 aliphatic carbocycles.